The Balaban J connectivity index is 2.35. The minimum absolute atomic E-state index is 0.0707. The number of hydrogen-bond donors (Lipinski definition) is 2. The maximum absolute atomic E-state index is 10.4. The number of rotatable bonds is 6. The fourth-order valence-corrected chi connectivity index (χ4v) is 1.62. The van der Waals surface area contributed by atoms with Gasteiger partial charge in [0.2, 0.25) is 5.91 Å². The summed E-state index contributed by atoms with van der Waals surface area (Å²) in [6, 6.07) is 7.39. The minimum atomic E-state index is -0.480. The van der Waals surface area contributed by atoms with Crippen LogP contribution in [0.15, 0.2) is 22.7 Å². The average Bonchev–Trinajstić information content (AvgIpc) is 2.28. The molecule has 3 N–H and O–H groups in total. The highest BCUT2D eigenvalue weighted by molar-refractivity contribution is 9.10. The highest BCUT2D eigenvalue weighted by Crippen LogP contribution is 2.20. The first-order valence-electron chi connectivity index (χ1n) is 4.93. The van der Waals surface area contributed by atoms with Gasteiger partial charge in [-0.05, 0) is 34.1 Å². The van der Waals surface area contributed by atoms with E-state index in [-0.39, 0.29) is 6.61 Å². The Kier molecular flexibility index (Phi) is 5.46. The second kappa shape index (κ2) is 6.89. The maximum atomic E-state index is 10.4. The van der Waals surface area contributed by atoms with Crippen LogP contribution in [-0.2, 0) is 9.53 Å². The number of carbonyl (C=O) groups is 1. The molecule has 6 heteroatoms. The molecule has 1 rings (SSSR count). The second-order valence-corrected chi connectivity index (χ2v) is 4.11. The minimum Gasteiger partial charge on any atom is -0.383 e. The van der Waals surface area contributed by atoms with Crippen LogP contribution in [0.4, 0.5) is 5.69 Å². The Morgan fingerprint density at radius 2 is 2.35 bits per heavy atom. The number of nitrogens with zero attached hydrogens (tertiary/aromatic N) is 1. The van der Waals surface area contributed by atoms with E-state index in [4.69, 9.17) is 15.7 Å². The summed E-state index contributed by atoms with van der Waals surface area (Å²) in [6.45, 7) is 0.880. The zero-order valence-corrected chi connectivity index (χ0v) is 10.7. The van der Waals surface area contributed by atoms with E-state index < -0.39 is 5.91 Å². The molecule has 0 saturated carbocycles. The van der Waals surface area contributed by atoms with Crippen molar-refractivity contribution in [1.82, 2.24) is 0 Å². The predicted molar refractivity (Wildman–Crippen MR) is 67.4 cm³/mol. The molecule has 0 radical (unpaired) electrons. The normalized spacial score (nSPS) is 9.65. The van der Waals surface area contributed by atoms with Crippen LogP contribution in [0.3, 0.4) is 0 Å². The quantitative estimate of drug-likeness (QED) is 0.773. The van der Waals surface area contributed by atoms with Crippen LogP contribution < -0.4 is 11.1 Å². The zero-order chi connectivity index (χ0) is 12.7. The Bertz CT molecular complexity index is 443. The smallest absolute Gasteiger partial charge is 0.243 e. The summed E-state index contributed by atoms with van der Waals surface area (Å²) < 4.78 is 5.73. The fourth-order valence-electron chi connectivity index (χ4n) is 1.16. The van der Waals surface area contributed by atoms with E-state index in [2.05, 4.69) is 27.3 Å². The van der Waals surface area contributed by atoms with Gasteiger partial charge in [-0.15, -0.1) is 0 Å². The van der Waals surface area contributed by atoms with E-state index in [1.807, 2.05) is 6.07 Å². The third kappa shape index (κ3) is 4.85. The molecule has 90 valence electrons. The molecule has 0 unspecified atom stereocenters. The molecule has 1 aromatic carbocycles. The molecule has 0 bridgehead atoms. The molecule has 0 spiro atoms. The monoisotopic (exact) mass is 297 g/mol. The summed E-state index contributed by atoms with van der Waals surface area (Å²) in [5.41, 5.74) is 6.37. The number of amides is 1. The largest absolute Gasteiger partial charge is 0.383 e. The summed E-state index contributed by atoms with van der Waals surface area (Å²) in [7, 11) is 0. The molecular formula is C11H12BrN3O2. The van der Waals surface area contributed by atoms with Gasteiger partial charge in [-0.1, -0.05) is 0 Å². The lowest BCUT2D eigenvalue weighted by molar-refractivity contribution is -0.122. The van der Waals surface area contributed by atoms with Crippen molar-refractivity contribution in [2.24, 2.45) is 5.73 Å². The van der Waals surface area contributed by atoms with E-state index in [0.29, 0.717) is 18.7 Å². The van der Waals surface area contributed by atoms with Crippen LogP contribution in [0, 0.1) is 11.3 Å². The highest BCUT2D eigenvalue weighted by atomic mass is 79.9. The molecule has 1 aromatic rings. The molecule has 0 aromatic heterocycles. The number of anilines is 1. The van der Waals surface area contributed by atoms with Crippen LogP contribution in [0.25, 0.3) is 0 Å². The number of nitrogens with one attached hydrogen (secondary N) is 1. The van der Waals surface area contributed by atoms with E-state index in [9.17, 15) is 4.79 Å². The molecular weight excluding hydrogens is 286 g/mol. The molecule has 5 nitrogen and oxygen atoms in total. The van der Waals surface area contributed by atoms with Crippen molar-refractivity contribution in [2.75, 3.05) is 25.1 Å². The van der Waals surface area contributed by atoms with Crippen LogP contribution >= 0.6 is 15.9 Å². The predicted octanol–water partition coefficient (Wildman–Crippen LogP) is 1.23. The van der Waals surface area contributed by atoms with E-state index >= 15 is 0 Å². The van der Waals surface area contributed by atoms with Gasteiger partial charge < -0.3 is 15.8 Å². The average molecular weight is 298 g/mol. The molecule has 1 amide bonds. The van der Waals surface area contributed by atoms with Crippen molar-refractivity contribution < 1.29 is 9.53 Å². The number of halogens is 1. The van der Waals surface area contributed by atoms with Crippen molar-refractivity contribution >= 4 is 27.5 Å². The first kappa shape index (κ1) is 13.5. The number of hydrogen-bond acceptors (Lipinski definition) is 4. The van der Waals surface area contributed by atoms with Crippen LogP contribution in [0.5, 0.6) is 0 Å². The first-order chi connectivity index (χ1) is 8.13. The van der Waals surface area contributed by atoms with Gasteiger partial charge in [0.15, 0.2) is 0 Å². The number of primary amides is 1. The lowest BCUT2D eigenvalue weighted by atomic mass is 10.2. The molecule has 0 aliphatic heterocycles. The van der Waals surface area contributed by atoms with Gasteiger partial charge in [-0.2, -0.15) is 5.26 Å². The lowest BCUT2D eigenvalue weighted by Crippen LogP contribution is -2.20. The van der Waals surface area contributed by atoms with Crippen LogP contribution in [-0.4, -0.2) is 25.7 Å². The molecule has 17 heavy (non-hydrogen) atoms. The van der Waals surface area contributed by atoms with Crippen LogP contribution in [0.1, 0.15) is 5.56 Å². The molecule has 0 fully saturated rings. The summed E-state index contributed by atoms with van der Waals surface area (Å²) in [6.07, 6.45) is 0. The zero-order valence-electron chi connectivity index (χ0n) is 9.07. The third-order valence-electron chi connectivity index (χ3n) is 1.91. The van der Waals surface area contributed by atoms with Gasteiger partial charge in [-0.3, -0.25) is 4.79 Å². The SMILES string of the molecule is N#Cc1ccc(NCCOCC(N)=O)cc1Br. The fraction of sp³-hybridized carbons (Fsp3) is 0.273. The number of benzene rings is 1. The van der Waals surface area contributed by atoms with Gasteiger partial charge in [0, 0.05) is 16.7 Å². The second-order valence-electron chi connectivity index (χ2n) is 3.25. The third-order valence-corrected chi connectivity index (χ3v) is 2.57. The molecule has 0 aliphatic rings. The van der Waals surface area contributed by atoms with E-state index in [0.717, 1.165) is 10.2 Å². The summed E-state index contributed by atoms with van der Waals surface area (Å²) in [4.78, 5) is 10.4. The number of nitriles is 1. The Hall–Kier alpha value is -1.58. The van der Waals surface area contributed by atoms with E-state index in [1.165, 1.54) is 0 Å². The van der Waals surface area contributed by atoms with Crippen molar-refractivity contribution in [3.05, 3.63) is 28.2 Å². The molecule has 0 heterocycles. The van der Waals surface area contributed by atoms with Gasteiger partial charge in [0.05, 0.1) is 12.2 Å². The Labute approximate surface area is 108 Å². The van der Waals surface area contributed by atoms with Crippen molar-refractivity contribution in [3.63, 3.8) is 0 Å². The Morgan fingerprint density at radius 3 is 2.94 bits per heavy atom. The standard InChI is InChI=1S/C11H12BrN3O2/c12-10-5-9(2-1-8(10)6-13)15-3-4-17-7-11(14)16/h1-2,5,15H,3-4,7H2,(H2,14,16). The van der Waals surface area contributed by atoms with Crippen LogP contribution in [0.2, 0.25) is 0 Å². The van der Waals surface area contributed by atoms with Gasteiger partial charge in [0.25, 0.3) is 0 Å². The van der Waals surface area contributed by atoms with E-state index in [1.54, 1.807) is 12.1 Å². The van der Waals surface area contributed by atoms with Gasteiger partial charge in [0.1, 0.15) is 12.7 Å². The summed E-state index contributed by atoms with van der Waals surface area (Å²) in [5.74, 6) is -0.480. The van der Waals surface area contributed by atoms with Gasteiger partial charge >= 0.3 is 0 Å². The maximum Gasteiger partial charge on any atom is 0.243 e. The molecule has 0 saturated heterocycles. The summed E-state index contributed by atoms with van der Waals surface area (Å²) >= 11 is 3.29. The number of carbonyl (C=O) groups excluding carboxylic acids is 1. The highest BCUT2D eigenvalue weighted by Gasteiger charge is 2.00. The first-order valence-corrected chi connectivity index (χ1v) is 5.72. The van der Waals surface area contributed by atoms with Crippen molar-refractivity contribution in [2.45, 2.75) is 0 Å². The van der Waals surface area contributed by atoms with Crippen molar-refractivity contribution in [1.29, 1.82) is 5.26 Å². The Morgan fingerprint density at radius 1 is 1.59 bits per heavy atom. The van der Waals surface area contributed by atoms with Crippen molar-refractivity contribution in [3.8, 4) is 6.07 Å². The van der Waals surface area contributed by atoms with Gasteiger partial charge in [-0.25, -0.2) is 0 Å². The lowest BCUT2D eigenvalue weighted by Gasteiger charge is -2.07. The molecule has 0 aliphatic carbocycles. The topological polar surface area (TPSA) is 88.1 Å². The number of nitrogens with two attached hydrogens (primary N) is 1. The summed E-state index contributed by atoms with van der Waals surface area (Å²) in [5, 5.41) is 11.8. The number of ether oxygens (including phenoxy) is 1. The molecule has 0 atom stereocenters.